The van der Waals surface area contributed by atoms with Crippen LogP contribution in [0.2, 0.25) is 0 Å². The van der Waals surface area contributed by atoms with Crippen LogP contribution in [0.15, 0.2) is 12.4 Å². The Hall–Kier alpha value is -0.840. The van der Waals surface area contributed by atoms with E-state index in [9.17, 15) is 0 Å². The zero-order valence-corrected chi connectivity index (χ0v) is 9.57. The number of hydrogen-bond acceptors (Lipinski definition) is 4. The minimum absolute atomic E-state index is 0.573. The Bertz CT molecular complexity index is 321. The molecule has 14 heavy (non-hydrogen) atoms. The van der Waals surface area contributed by atoms with Gasteiger partial charge in [-0.1, -0.05) is 15.9 Å². The van der Waals surface area contributed by atoms with Gasteiger partial charge in [0, 0.05) is 24.0 Å². The summed E-state index contributed by atoms with van der Waals surface area (Å²) in [5, 5.41) is 0. The van der Waals surface area contributed by atoms with Crippen molar-refractivity contribution in [3.05, 3.63) is 12.4 Å². The van der Waals surface area contributed by atoms with Crippen molar-refractivity contribution in [1.29, 1.82) is 0 Å². The van der Waals surface area contributed by atoms with Crippen molar-refractivity contribution in [2.45, 2.75) is 11.2 Å². The van der Waals surface area contributed by atoms with Crippen LogP contribution in [0.25, 0.3) is 0 Å². The molecule has 1 atom stereocenters. The summed E-state index contributed by atoms with van der Waals surface area (Å²) in [6.07, 6.45) is 2.70. The molecule has 1 fully saturated rings. The molecule has 0 aromatic carbocycles. The second-order valence-corrected chi connectivity index (χ2v) is 4.55. The molecule has 0 aliphatic carbocycles. The third-order valence-corrected chi connectivity index (χ3v) is 3.04. The number of aromatic nitrogens is 2. The molecule has 1 aromatic heterocycles. The molecule has 4 nitrogen and oxygen atoms in total. The van der Waals surface area contributed by atoms with E-state index in [4.69, 9.17) is 4.74 Å². The highest BCUT2D eigenvalue weighted by molar-refractivity contribution is 9.09. The first-order chi connectivity index (χ1) is 6.79. The van der Waals surface area contributed by atoms with Crippen molar-refractivity contribution in [3.8, 4) is 5.88 Å². The number of ether oxygens (including phenoxy) is 1. The minimum Gasteiger partial charge on any atom is -0.481 e. The van der Waals surface area contributed by atoms with Gasteiger partial charge in [-0.25, -0.2) is 9.97 Å². The van der Waals surface area contributed by atoms with E-state index in [-0.39, 0.29) is 0 Å². The van der Waals surface area contributed by atoms with Gasteiger partial charge in [0.25, 0.3) is 0 Å². The van der Waals surface area contributed by atoms with Gasteiger partial charge in [0.05, 0.1) is 7.11 Å². The number of anilines is 1. The average Bonchev–Trinajstić information content (AvgIpc) is 2.65. The molecular formula is C9H12BrN3O. The Morgan fingerprint density at radius 3 is 3.07 bits per heavy atom. The molecule has 1 aliphatic heterocycles. The Morgan fingerprint density at radius 2 is 2.43 bits per heavy atom. The van der Waals surface area contributed by atoms with E-state index < -0.39 is 0 Å². The molecule has 1 unspecified atom stereocenters. The van der Waals surface area contributed by atoms with Gasteiger partial charge in [0.15, 0.2) is 0 Å². The van der Waals surface area contributed by atoms with Crippen molar-refractivity contribution in [3.63, 3.8) is 0 Å². The molecule has 0 spiro atoms. The monoisotopic (exact) mass is 257 g/mol. The lowest BCUT2D eigenvalue weighted by Crippen LogP contribution is -2.20. The molecule has 1 saturated heterocycles. The third-order valence-electron chi connectivity index (χ3n) is 2.29. The summed E-state index contributed by atoms with van der Waals surface area (Å²) in [5.74, 6) is 1.56. The Morgan fingerprint density at radius 1 is 1.57 bits per heavy atom. The summed E-state index contributed by atoms with van der Waals surface area (Å²) in [5.41, 5.74) is 0. The van der Waals surface area contributed by atoms with Crippen LogP contribution < -0.4 is 9.64 Å². The number of alkyl halides is 1. The first-order valence-electron chi connectivity index (χ1n) is 4.54. The molecule has 1 aliphatic rings. The highest BCUT2D eigenvalue weighted by atomic mass is 79.9. The van der Waals surface area contributed by atoms with Crippen molar-refractivity contribution in [2.24, 2.45) is 0 Å². The van der Waals surface area contributed by atoms with Gasteiger partial charge in [-0.05, 0) is 6.42 Å². The van der Waals surface area contributed by atoms with Crippen LogP contribution in [0, 0.1) is 0 Å². The van der Waals surface area contributed by atoms with Crippen LogP contribution >= 0.6 is 15.9 Å². The van der Waals surface area contributed by atoms with Crippen LogP contribution in [0.4, 0.5) is 5.82 Å². The molecule has 0 N–H and O–H groups in total. The summed E-state index contributed by atoms with van der Waals surface area (Å²) < 4.78 is 5.05. The number of methoxy groups -OCH3 is 1. The Kier molecular flexibility index (Phi) is 2.86. The van der Waals surface area contributed by atoms with Gasteiger partial charge in [-0.2, -0.15) is 0 Å². The summed E-state index contributed by atoms with van der Waals surface area (Å²) in [6, 6.07) is 1.87. The Labute approximate surface area is 91.4 Å². The number of nitrogens with zero attached hydrogens (tertiary/aromatic N) is 3. The topological polar surface area (TPSA) is 38.2 Å². The minimum atomic E-state index is 0.573. The lowest BCUT2D eigenvalue weighted by Gasteiger charge is -2.16. The van der Waals surface area contributed by atoms with E-state index in [1.807, 2.05) is 6.07 Å². The SMILES string of the molecule is COc1cc(N2CCC(Br)C2)ncn1. The molecule has 0 bridgehead atoms. The first-order valence-corrected chi connectivity index (χ1v) is 5.46. The summed E-state index contributed by atoms with van der Waals surface area (Å²) >= 11 is 3.60. The largest absolute Gasteiger partial charge is 0.481 e. The number of halogens is 1. The molecule has 1 aromatic rings. The van der Waals surface area contributed by atoms with Crippen LogP contribution in [0.5, 0.6) is 5.88 Å². The molecule has 5 heteroatoms. The van der Waals surface area contributed by atoms with Crippen molar-refractivity contribution >= 4 is 21.7 Å². The standard InChI is InChI=1S/C9H12BrN3O/c1-14-9-4-8(11-6-12-9)13-3-2-7(10)5-13/h4,6-7H,2-3,5H2,1H3. The third kappa shape index (κ3) is 1.97. The van der Waals surface area contributed by atoms with Gasteiger partial charge in [0.1, 0.15) is 12.1 Å². The lowest BCUT2D eigenvalue weighted by molar-refractivity contribution is 0.397. The quantitative estimate of drug-likeness (QED) is 0.753. The molecule has 2 heterocycles. The lowest BCUT2D eigenvalue weighted by atomic mass is 10.4. The van der Waals surface area contributed by atoms with E-state index >= 15 is 0 Å². The first kappa shape index (κ1) is 9.71. The normalized spacial score (nSPS) is 21.3. The molecule has 76 valence electrons. The fraction of sp³-hybridized carbons (Fsp3) is 0.556. The maximum Gasteiger partial charge on any atom is 0.218 e. The molecule has 0 amide bonds. The fourth-order valence-corrected chi connectivity index (χ4v) is 2.09. The maximum absolute atomic E-state index is 5.05. The smallest absolute Gasteiger partial charge is 0.218 e. The summed E-state index contributed by atoms with van der Waals surface area (Å²) in [7, 11) is 1.61. The van der Waals surface area contributed by atoms with Gasteiger partial charge in [-0.15, -0.1) is 0 Å². The van der Waals surface area contributed by atoms with E-state index in [0.29, 0.717) is 10.7 Å². The zero-order valence-electron chi connectivity index (χ0n) is 7.98. The van der Waals surface area contributed by atoms with Gasteiger partial charge >= 0.3 is 0 Å². The van der Waals surface area contributed by atoms with E-state index in [2.05, 4.69) is 30.8 Å². The zero-order chi connectivity index (χ0) is 9.97. The highest BCUT2D eigenvalue weighted by Crippen LogP contribution is 2.23. The molecule has 0 saturated carbocycles. The second kappa shape index (κ2) is 4.13. The van der Waals surface area contributed by atoms with Gasteiger partial charge in [0.2, 0.25) is 5.88 Å². The Balaban J connectivity index is 2.15. The van der Waals surface area contributed by atoms with Crippen molar-refractivity contribution in [1.82, 2.24) is 9.97 Å². The van der Waals surface area contributed by atoms with Crippen molar-refractivity contribution < 1.29 is 4.74 Å². The summed E-state index contributed by atoms with van der Waals surface area (Å²) in [6.45, 7) is 2.04. The summed E-state index contributed by atoms with van der Waals surface area (Å²) in [4.78, 5) is 11.0. The van der Waals surface area contributed by atoms with Crippen LogP contribution in [-0.4, -0.2) is 35.0 Å². The highest BCUT2D eigenvalue weighted by Gasteiger charge is 2.21. The van der Waals surface area contributed by atoms with E-state index in [0.717, 1.165) is 25.3 Å². The van der Waals surface area contributed by atoms with Gasteiger partial charge in [-0.3, -0.25) is 0 Å². The second-order valence-electron chi connectivity index (χ2n) is 3.25. The van der Waals surface area contributed by atoms with Crippen LogP contribution in [0.3, 0.4) is 0 Å². The number of hydrogen-bond donors (Lipinski definition) is 0. The molecule has 0 radical (unpaired) electrons. The van der Waals surface area contributed by atoms with Crippen LogP contribution in [0.1, 0.15) is 6.42 Å². The van der Waals surface area contributed by atoms with Gasteiger partial charge < -0.3 is 9.64 Å². The molecule has 2 rings (SSSR count). The average molecular weight is 258 g/mol. The predicted octanol–water partition coefficient (Wildman–Crippen LogP) is 1.46. The van der Waals surface area contributed by atoms with Crippen LogP contribution in [-0.2, 0) is 0 Å². The maximum atomic E-state index is 5.05. The predicted molar refractivity (Wildman–Crippen MR) is 58.1 cm³/mol. The fourth-order valence-electron chi connectivity index (χ4n) is 1.54. The van der Waals surface area contributed by atoms with Crippen molar-refractivity contribution in [2.75, 3.05) is 25.1 Å². The molecular weight excluding hydrogens is 246 g/mol. The van der Waals surface area contributed by atoms with E-state index in [1.54, 1.807) is 7.11 Å². The number of rotatable bonds is 2. The van der Waals surface area contributed by atoms with E-state index in [1.165, 1.54) is 6.33 Å².